The van der Waals surface area contributed by atoms with Gasteiger partial charge in [0.1, 0.15) is 0 Å². The number of anilines is 1. The minimum Gasteiger partial charge on any atom is -0.476 e. The van der Waals surface area contributed by atoms with Crippen molar-refractivity contribution in [1.82, 2.24) is 9.55 Å². The molecule has 1 fully saturated rings. The maximum absolute atomic E-state index is 10.9. The first-order chi connectivity index (χ1) is 7.58. The van der Waals surface area contributed by atoms with Crippen LogP contribution in [0.4, 0.5) is 5.95 Å². The predicted octanol–water partition coefficient (Wildman–Crippen LogP) is 2.13. The molecular weight excluding hydrogens is 206 g/mol. The highest BCUT2D eigenvalue weighted by atomic mass is 16.4. The SMILES string of the molecule is CC(C)n1cc(C(=O)O)nc1NC1CCC1. The molecule has 1 heterocycles. The number of imidazole rings is 1. The maximum Gasteiger partial charge on any atom is 0.356 e. The molecule has 1 aromatic rings. The number of hydrogen-bond donors (Lipinski definition) is 2. The summed E-state index contributed by atoms with van der Waals surface area (Å²) in [6.07, 6.45) is 5.13. The van der Waals surface area contributed by atoms with Gasteiger partial charge in [0.05, 0.1) is 0 Å². The van der Waals surface area contributed by atoms with Crippen molar-refractivity contribution < 1.29 is 9.90 Å². The minimum atomic E-state index is -0.976. The molecule has 0 bridgehead atoms. The normalized spacial score (nSPS) is 16.2. The first-order valence-corrected chi connectivity index (χ1v) is 5.66. The van der Waals surface area contributed by atoms with Crippen LogP contribution in [0.3, 0.4) is 0 Å². The van der Waals surface area contributed by atoms with Gasteiger partial charge in [-0.05, 0) is 33.1 Å². The van der Waals surface area contributed by atoms with Crippen LogP contribution >= 0.6 is 0 Å². The van der Waals surface area contributed by atoms with Crippen molar-refractivity contribution in [3.63, 3.8) is 0 Å². The first kappa shape index (κ1) is 11.0. The smallest absolute Gasteiger partial charge is 0.356 e. The van der Waals surface area contributed by atoms with Gasteiger partial charge in [0, 0.05) is 18.3 Å². The van der Waals surface area contributed by atoms with E-state index in [2.05, 4.69) is 10.3 Å². The Bertz CT molecular complexity index is 394. The lowest BCUT2D eigenvalue weighted by Gasteiger charge is -2.27. The Hall–Kier alpha value is -1.52. The second-order valence-electron chi connectivity index (χ2n) is 4.53. The van der Waals surface area contributed by atoms with Gasteiger partial charge in [0.15, 0.2) is 5.69 Å². The third kappa shape index (κ3) is 2.03. The van der Waals surface area contributed by atoms with E-state index in [-0.39, 0.29) is 11.7 Å². The molecule has 0 radical (unpaired) electrons. The van der Waals surface area contributed by atoms with Gasteiger partial charge in [-0.15, -0.1) is 0 Å². The van der Waals surface area contributed by atoms with Gasteiger partial charge in [-0.2, -0.15) is 0 Å². The standard InChI is InChI=1S/C11H17N3O2/c1-7(2)14-6-9(10(15)16)13-11(14)12-8-4-3-5-8/h6-8H,3-5H2,1-2H3,(H,12,13)(H,15,16). The van der Waals surface area contributed by atoms with Gasteiger partial charge in [-0.25, -0.2) is 9.78 Å². The van der Waals surface area contributed by atoms with Crippen LogP contribution < -0.4 is 5.32 Å². The summed E-state index contributed by atoms with van der Waals surface area (Å²) < 4.78 is 1.88. The van der Waals surface area contributed by atoms with Gasteiger partial charge < -0.3 is 15.0 Å². The number of nitrogens with one attached hydrogen (secondary N) is 1. The molecule has 0 atom stereocenters. The summed E-state index contributed by atoms with van der Waals surface area (Å²) >= 11 is 0. The highest BCUT2D eigenvalue weighted by Crippen LogP contribution is 2.24. The quantitative estimate of drug-likeness (QED) is 0.820. The summed E-state index contributed by atoms with van der Waals surface area (Å²) in [6, 6.07) is 0.671. The molecule has 5 heteroatoms. The van der Waals surface area contributed by atoms with Crippen LogP contribution in [0.15, 0.2) is 6.20 Å². The zero-order valence-corrected chi connectivity index (χ0v) is 9.60. The summed E-state index contributed by atoms with van der Waals surface area (Å²) in [5.41, 5.74) is 0.107. The molecule has 1 aliphatic carbocycles. The van der Waals surface area contributed by atoms with Crippen LogP contribution in [0.5, 0.6) is 0 Å². The number of nitrogens with zero attached hydrogens (tertiary/aromatic N) is 2. The molecule has 1 saturated carbocycles. The van der Waals surface area contributed by atoms with Crippen LogP contribution in [0.2, 0.25) is 0 Å². The largest absolute Gasteiger partial charge is 0.476 e. The van der Waals surface area contributed by atoms with E-state index in [0.717, 1.165) is 12.8 Å². The monoisotopic (exact) mass is 223 g/mol. The van der Waals surface area contributed by atoms with E-state index < -0.39 is 5.97 Å². The fraction of sp³-hybridized carbons (Fsp3) is 0.636. The summed E-state index contributed by atoms with van der Waals surface area (Å²) in [4.78, 5) is 15.0. The van der Waals surface area contributed by atoms with E-state index in [1.807, 2.05) is 18.4 Å². The molecule has 0 aliphatic heterocycles. The molecule has 0 aromatic carbocycles. The number of aromatic carboxylic acids is 1. The summed E-state index contributed by atoms with van der Waals surface area (Å²) in [6.45, 7) is 4.03. The summed E-state index contributed by atoms with van der Waals surface area (Å²) in [5.74, 6) is -0.298. The van der Waals surface area contributed by atoms with Crippen molar-refractivity contribution in [2.24, 2.45) is 0 Å². The number of aromatic nitrogens is 2. The van der Waals surface area contributed by atoms with E-state index in [1.165, 1.54) is 6.42 Å². The predicted molar refractivity (Wildman–Crippen MR) is 60.8 cm³/mol. The molecule has 0 saturated heterocycles. The first-order valence-electron chi connectivity index (χ1n) is 5.66. The van der Waals surface area contributed by atoms with Crippen molar-refractivity contribution in [2.75, 3.05) is 5.32 Å². The van der Waals surface area contributed by atoms with Gasteiger partial charge in [-0.3, -0.25) is 0 Å². The zero-order valence-electron chi connectivity index (χ0n) is 9.60. The molecule has 0 amide bonds. The molecule has 0 unspecified atom stereocenters. The third-order valence-corrected chi connectivity index (χ3v) is 2.95. The fourth-order valence-corrected chi connectivity index (χ4v) is 1.73. The maximum atomic E-state index is 10.9. The minimum absolute atomic E-state index is 0.107. The molecule has 0 spiro atoms. The molecule has 5 nitrogen and oxygen atoms in total. The topological polar surface area (TPSA) is 67.2 Å². The van der Waals surface area contributed by atoms with Gasteiger partial charge in [0.25, 0.3) is 0 Å². The Kier molecular flexibility index (Phi) is 2.85. The molecule has 88 valence electrons. The highest BCUT2D eigenvalue weighted by Gasteiger charge is 2.21. The highest BCUT2D eigenvalue weighted by molar-refractivity contribution is 5.85. The molecule has 16 heavy (non-hydrogen) atoms. The third-order valence-electron chi connectivity index (χ3n) is 2.95. The van der Waals surface area contributed by atoms with Crippen LogP contribution in [0, 0.1) is 0 Å². The molecule has 1 aromatic heterocycles. The van der Waals surface area contributed by atoms with Crippen molar-refractivity contribution in [1.29, 1.82) is 0 Å². The van der Waals surface area contributed by atoms with Crippen molar-refractivity contribution >= 4 is 11.9 Å². The lowest BCUT2D eigenvalue weighted by atomic mass is 9.93. The van der Waals surface area contributed by atoms with Gasteiger partial charge in [0.2, 0.25) is 5.95 Å². The lowest BCUT2D eigenvalue weighted by molar-refractivity contribution is 0.0691. The Morgan fingerprint density at radius 1 is 1.62 bits per heavy atom. The van der Waals surface area contributed by atoms with Gasteiger partial charge >= 0.3 is 5.97 Å². The fourth-order valence-electron chi connectivity index (χ4n) is 1.73. The van der Waals surface area contributed by atoms with E-state index in [0.29, 0.717) is 12.0 Å². The molecular formula is C11H17N3O2. The number of hydrogen-bond acceptors (Lipinski definition) is 3. The summed E-state index contributed by atoms with van der Waals surface area (Å²) in [5, 5.41) is 12.2. The zero-order chi connectivity index (χ0) is 11.7. The van der Waals surface area contributed by atoms with Crippen molar-refractivity contribution in [3.05, 3.63) is 11.9 Å². The lowest BCUT2D eigenvalue weighted by Crippen LogP contribution is -2.28. The Morgan fingerprint density at radius 2 is 2.31 bits per heavy atom. The number of carboxylic acid groups (broad SMARTS) is 1. The Morgan fingerprint density at radius 3 is 2.75 bits per heavy atom. The number of carbonyl (C=O) groups is 1. The average Bonchev–Trinajstić information content (AvgIpc) is 2.55. The van der Waals surface area contributed by atoms with Gasteiger partial charge in [-0.1, -0.05) is 0 Å². The van der Waals surface area contributed by atoms with Crippen molar-refractivity contribution in [2.45, 2.75) is 45.2 Å². The second kappa shape index (κ2) is 4.15. The van der Waals surface area contributed by atoms with E-state index >= 15 is 0 Å². The van der Waals surface area contributed by atoms with Crippen LogP contribution in [0.1, 0.15) is 49.6 Å². The van der Waals surface area contributed by atoms with Crippen LogP contribution in [0.25, 0.3) is 0 Å². The molecule has 2 rings (SSSR count). The Labute approximate surface area is 94.5 Å². The van der Waals surface area contributed by atoms with E-state index in [1.54, 1.807) is 6.20 Å². The second-order valence-corrected chi connectivity index (χ2v) is 4.53. The number of carboxylic acids is 1. The number of rotatable bonds is 4. The average molecular weight is 223 g/mol. The van der Waals surface area contributed by atoms with E-state index in [4.69, 9.17) is 5.11 Å². The molecule has 2 N–H and O–H groups in total. The van der Waals surface area contributed by atoms with E-state index in [9.17, 15) is 4.79 Å². The van der Waals surface area contributed by atoms with Crippen LogP contribution in [-0.4, -0.2) is 26.7 Å². The van der Waals surface area contributed by atoms with Crippen LogP contribution in [-0.2, 0) is 0 Å². The molecule has 1 aliphatic rings. The van der Waals surface area contributed by atoms with Crippen molar-refractivity contribution in [3.8, 4) is 0 Å². The summed E-state index contributed by atoms with van der Waals surface area (Å²) in [7, 11) is 0. The Balaban J connectivity index is 2.22.